The summed E-state index contributed by atoms with van der Waals surface area (Å²) in [6, 6.07) is 25.7. The van der Waals surface area contributed by atoms with E-state index in [9.17, 15) is 14.0 Å². The van der Waals surface area contributed by atoms with E-state index in [1.807, 2.05) is 60.7 Å². The lowest BCUT2D eigenvalue weighted by Crippen LogP contribution is -2.35. The molecule has 44 heavy (non-hydrogen) atoms. The molecule has 1 fully saturated rings. The summed E-state index contributed by atoms with van der Waals surface area (Å²) in [7, 11) is 0. The lowest BCUT2D eigenvalue weighted by molar-refractivity contribution is -0.163. The summed E-state index contributed by atoms with van der Waals surface area (Å²) >= 11 is 0. The number of carbonyl (C=O) groups is 2. The van der Waals surface area contributed by atoms with Crippen LogP contribution in [-0.2, 0) is 20.8 Å². The minimum atomic E-state index is -0.331. The maximum absolute atomic E-state index is 14.2. The molecule has 6 nitrogen and oxygen atoms in total. The zero-order chi connectivity index (χ0) is 31.1. The number of hydrogen-bond donors (Lipinski definition) is 1. The summed E-state index contributed by atoms with van der Waals surface area (Å²) in [6.07, 6.45) is 2.96. The van der Waals surface area contributed by atoms with Gasteiger partial charge in [0.1, 0.15) is 11.9 Å². The summed E-state index contributed by atoms with van der Waals surface area (Å²) in [5.41, 5.74) is 5.45. The van der Waals surface area contributed by atoms with Crippen molar-refractivity contribution in [3.8, 4) is 22.4 Å². The number of cyclic esters (lactones) is 1. The number of halogens is 1. The normalized spacial score (nSPS) is 16.6. The number of rotatable bonds is 12. The van der Waals surface area contributed by atoms with Gasteiger partial charge in [0.05, 0.1) is 23.8 Å². The van der Waals surface area contributed by atoms with E-state index in [0.717, 1.165) is 40.9 Å². The Kier molecular flexibility index (Phi) is 10.3. The largest absolute Gasteiger partial charge is 0.462 e. The molecule has 5 rings (SSSR count). The minimum absolute atomic E-state index is 0.0257. The van der Waals surface area contributed by atoms with Gasteiger partial charge in [0.2, 0.25) is 0 Å². The standard InChI is InChI=1S/C37H41FN2O4/c1-4-5-22-43-31-23-30(44-32(41)24-31)20-21-40-35(25(2)3)34(37(42)39-29-14-10-7-11-15-29)33(26-12-8-6-9-13-26)36(40)27-16-18-28(38)19-17-27/h6-19,25,30-31H,4-5,20-24H2,1-3H3,(H,39,42)/t30-,31-/m1/s1. The van der Waals surface area contributed by atoms with Crippen molar-refractivity contribution in [3.63, 3.8) is 0 Å². The molecule has 1 saturated heterocycles. The number of esters is 1. The third-order valence-corrected chi connectivity index (χ3v) is 8.03. The molecule has 0 aliphatic carbocycles. The van der Waals surface area contributed by atoms with Gasteiger partial charge in [-0.05, 0) is 59.9 Å². The molecule has 0 radical (unpaired) electrons. The van der Waals surface area contributed by atoms with Crippen LogP contribution in [0.2, 0.25) is 0 Å². The Morgan fingerprint density at radius 1 is 1.00 bits per heavy atom. The molecule has 2 atom stereocenters. The zero-order valence-electron chi connectivity index (χ0n) is 25.7. The van der Waals surface area contributed by atoms with Gasteiger partial charge < -0.3 is 19.4 Å². The second kappa shape index (κ2) is 14.5. The lowest BCUT2D eigenvalue weighted by atomic mass is 9.94. The van der Waals surface area contributed by atoms with Crippen LogP contribution in [0.4, 0.5) is 10.1 Å². The predicted molar refractivity (Wildman–Crippen MR) is 172 cm³/mol. The van der Waals surface area contributed by atoms with Crippen LogP contribution in [0, 0.1) is 5.82 Å². The summed E-state index contributed by atoms with van der Waals surface area (Å²) in [5, 5.41) is 3.11. The van der Waals surface area contributed by atoms with Crippen molar-refractivity contribution < 1.29 is 23.5 Å². The first-order valence-electron chi connectivity index (χ1n) is 15.6. The summed E-state index contributed by atoms with van der Waals surface area (Å²) in [6.45, 7) is 7.39. The number of ether oxygens (including phenoxy) is 2. The fourth-order valence-corrected chi connectivity index (χ4v) is 6.02. The molecule has 1 aromatic heterocycles. The Labute approximate surface area is 259 Å². The number of nitrogens with one attached hydrogen (secondary N) is 1. The number of unbranched alkanes of at least 4 members (excludes halogenated alkanes) is 1. The van der Waals surface area contributed by atoms with Gasteiger partial charge in [-0.1, -0.05) is 75.7 Å². The van der Waals surface area contributed by atoms with Crippen molar-refractivity contribution in [1.82, 2.24) is 4.57 Å². The molecule has 2 heterocycles. The van der Waals surface area contributed by atoms with Gasteiger partial charge in [0.15, 0.2) is 0 Å². The molecule has 0 spiro atoms. The smallest absolute Gasteiger partial charge is 0.308 e. The van der Waals surface area contributed by atoms with Crippen LogP contribution in [-0.4, -0.2) is 35.3 Å². The average Bonchev–Trinajstić information content (AvgIpc) is 3.37. The number of benzene rings is 3. The molecular formula is C37H41FN2O4. The quantitative estimate of drug-likeness (QED) is 0.131. The number of nitrogens with zero attached hydrogens (tertiary/aromatic N) is 1. The first-order valence-corrected chi connectivity index (χ1v) is 15.6. The van der Waals surface area contributed by atoms with Crippen LogP contribution in [0.3, 0.4) is 0 Å². The minimum Gasteiger partial charge on any atom is -0.462 e. The molecule has 230 valence electrons. The molecule has 1 aliphatic heterocycles. The highest BCUT2D eigenvalue weighted by atomic mass is 19.1. The van der Waals surface area contributed by atoms with E-state index >= 15 is 0 Å². The van der Waals surface area contributed by atoms with Gasteiger partial charge in [-0.25, -0.2) is 4.39 Å². The van der Waals surface area contributed by atoms with Crippen molar-refractivity contribution in [2.24, 2.45) is 0 Å². The second-order valence-corrected chi connectivity index (χ2v) is 11.7. The van der Waals surface area contributed by atoms with Crippen LogP contribution in [0.1, 0.15) is 74.8 Å². The van der Waals surface area contributed by atoms with Gasteiger partial charge in [0, 0.05) is 42.9 Å². The van der Waals surface area contributed by atoms with E-state index in [-0.39, 0.29) is 42.2 Å². The summed E-state index contributed by atoms with van der Waals surface area (Å²) < 4.78 is 28.1. The van der Waals surface area contributed by atoms with E-state index in [2.05, 4.69) is 30.7 Å². The third-order valence-electron chi connectivity index (χ3n) is 8.03. The van der Waals surface area contributed by atoms with E-state index in [0.29, 0.717) is 37.2 Å². The van der Waals surface area contributed by atoms with Gasteiger partial charge in [-0.15, -0.1) is 0 Å². The Morgan fingerprint density at radius 3 is 2.34 bits per heavy atom. The molecule has 1 amide bonds. The molecule has 4 aromatic rings. The van der Waals surface area contributed by atoms with Crippen LogP contribution >= 0.6 is 0 Å². The summed E-state index contributed by atoms with van der Waals surface area (Å²) in [4.78, 5) is 26.8. The van der Waals surface area contributed by atoms with E-state index in [4.69, 9.17) is 9.47 Å². The topological polar surface area (TPSA) is 69.6 Å². The number of amides is 1. The SMILES string of the molecule is CCCCO[C@H]1CC(=O)O[C@H](CCn2c(-c3ccc(F)cc3)c(-c3ccccc3)c(C(=O)Nc3ccccc3)c2C(C)C)C1. The third kappa shape index (κ3) is 7.28. The highest BCUT2D eigenvalue weighted by Crippen LogP contribution is 2.43. The van der Waals surface area contributed by atoms with Crippen molar-refractivity contribution in [2.45, 2.75) is 77.5 Å². The van der Waals surface area contributed by atoms with Gasteiger partial charge in [-0.3, -0.25) is 9.59 Å². The molecule has 1 N–H and O–H groups in total. The Bertz CT molecular complexity index is 1550. The Morgan fingerprint density at radius 2 is 1.68 bits per heavy atom. The number of hydrogen-bond acceptors (Lipinski definition) is 4. The number of carbonyl (C=O) groups excluding carboxylic acids is 2. The molecule has 3 aromatic carbocycles. The number of aromatic nitrogens is 1. The van der Waals surface area contributed by atoms with Gasteiger partial charge >= 0.3 is 5.97 Å². The van der Waals surface area contributed by atoms with Crippen LogP contribution in [0.15, 0.2) is 84.9 Å². The lowest BCUT2D eigenvalue weighted by Gasteiger charge is -2.29. The second-order valence-electron chi connectivity index (χ2n) is 11.7. The van der Waals surface area contributed by atoms with Crippen molar-refractivity contribution in [3.05, 3.63) is 102 Å². The predicted octanol–water partition coefficient (Wildman–Crippen LogP) is 8.62. The number of para-hydroxylation sites is 1. The molecule has 0 bridgehead atoms. The molecule has 0 unspecified atom stereocenters. The monoisotopic (exact) mass is 596 g/mol. The van der Waals surface area contributed by atoms with Gasteiger partial charge in [0.25, 0.3) is 5.91 Å². The highest BCUT2D eigenvalue weighted by Gasteiger charge is 2.33. The van der Waals surface area contributed by atoms with Crippen molar-refractivity contribution >= 4 is 17.6 Å². The first kappa shape index (κ1) is 31.2. The first-order chi connectivity index (χ1) is 21.4. The molecule has 7 heteroatoms. The summed E-state index contributed by atoms with van der Waals surface area (Å²) in [5.74, 6) is -0.815. The fourth-order valence-electron chi connectivity index (χ4n) is 6.02. The van der Waals surface area contributed by atoms with Crippen LogP contribution in [0.25, 0.3) is 22.4 Å². The fraction of sp³-hybridized carbons (Fsp3) is 0.351. The average molecular weight is 597 g/mol. The van der Waals surface area contributed by atoms with Crippen LogP contribution < -0.4 is 5.32 Å². The van der Waals surface area contributed by atoms with Crippen molar-refractivity contribution in [2.75, 3.05) is 11.9 Å². The van der Waals surface area contributed by atoms with Crippen LogP contribution in [0.5, 0.6) is 0 Å². The maximum Gasteiger partial charge on any atom is 0.308 e. The van der Waals surface area contributed by atoms with E-state index in [1.54, 1.807) is 12.1 Å². The van der Waals surface area contributed by atoms with Gasteiger partial charge in [-0.2, -0.15) is 0 Å². The van der Waals surface area contributed by atoms with Crippen molar-refractivity contribution in [1.29, 1.82) is 0 Å². The molecule has 1 aliphatic rings. The van der Waals surface area contributed by atoms with E-state index in [1.165, 1.54) is 12.1 Å². The van der Waals surface area contributed by atoms with E-state index < -0.39 is 0 Å². The molecule has 0 saturated carbocycles. The zero-order valence-corrected chi connectivity index (χ0v) is 25.7. The number of anilines is 1. The highest BCUT2D eigenvalue weighted by molar-refractivity contribution is 6.12. The maximum atomic E-state index is 14.2. The Hall–Kier alpha value is -4.23. The Balaban J connectivity index is 1.61. The molecular weight excluding hydrogens is 555 g/mol.